The Labute approximate surface area is 264 Å². The Bertz CT molecular complexity index is 1490. The second kappa shape index (κ2) is 14.2. The summed E-state index contributed by atoms with van der Waals surface area (Å²) >= 11 is 0. The van der Waals surface area contributed by atoms with Crippen LogP contribution >= 0.6 is 0 Å². The maximum absolute atomic E-state index is 15.2. The van der Waals surface area contributed by atoms with Crippen molar-refractivity contribution in [1.82, 2.24) is 0 Å². The molecule has 2 nitrogen and oxygen atoms in total. The predicted molar refractivity (Wildman–Crippen MR) is 182 cm³/mol. The van der Waals surface area contributed by atoms with Crippen molar-refractivity contribution in [2.75, 3.05) is 0 Å². The molecule has 0 saturated heterocycles. The molecule has 2 aromatic rings. The van der Waals surface area contributed by atoms with Crippen LogP contribution in [0.4, 0.5) is 4.39 Å². The van der Waals surface area contributed by atoms with E-state index in [9.17, 15) is 4.79 Å². The largest absolute Gasteiger partial charge is 0.310 e. The molecular formula is C41H50FNO. The highest BCUT2D eigenvalue weighted by atomic mass is 19.1. The lowest BCUT2D eigenvalue weighted by molar-refractivity contribution is -0.115. The number of allylic oxidation sites excluding steroid dienone is 7. The average Bonchev–Trinajstić information content (AvgIpc) is 3.12. The zero-order valence-electron chi connectivity index (χ0n) is 27.1. The molecule has 0 amide bonds. The number of hydrogen-bond donors (Lipinski definition) is 1. The average molecular weight is 592 g/mol. The number of carbonyl (C=O) groups is 1. The van der Waals surface area contributed by atoms with Crippen LogP contribution in [0.5, 0.6) is 0 Å². The van der Waals surface area contributed by atoms with Crippen LogP contribution < -0.4 is 0 Å². The Morgan fingerprint density at radius 1 is 1.02 bits per heavy atom. The van der Waals surface area contributed by atoms with E-state index < -0.39 is 0 Å². The lowest BCUT2D eigenvalue weighted by Gasteiger charge is -2.40. The van der Waals surface area contributed by atoms with Crippen LogP contribution in [-0.4, -0.2) is 11.5 Å². The number of nitrogens with one attached hydrogen (secondary N) is 1. The van der Waals surface area contributed by atoms with Crippen molar-refractivity contribution in [3.8, 4) is 0 Å². The van der Waals surface area contributed by atoms with Gasteiger partial charge < -0.3 is 5.41 Å². The summed E-state index contributed by atoms with van der Waals surface area (Å²) in [7, 11) is 0. The summed E-state index contributed by atoms with van der Waals surface area (Å²) in [6, 6.07) is 14.6. The Balaban J connectivity index is 1.22. The van der Waals surface area contributed by atoms with Gasteiger partial charge in [-0.1, -0.05) is 87.0 Å². The number of benzene rings is 2. The van der Waals surface area contributed by atoms with Gasteiger partial charge in [0.25, 0.3) is 0 Å². The zero-order chi connectivity index (χ0) is 31.3. The normalized spacial score (nSPS) is 25.4. The van der Waals surface area contributed by atoms with Gasteiger partial charge in [-0.3, -0.25) is 4.79 Å². The summed E-state index contributed by atoms with van der Waals surface area (Å²) in [6.07, 6.45) is 19.1. The second-order valence-corrected chi connectivity index (χ2v) is 14.1. The van der Waals surface area contributed by atoms with Crippen LogP contribution in [0, 0.1) is 17.1 Å². The fraction of sp³-hybridized carbons (Fsp3) is 0.463. The minimum Gasteiger partial charge on any atom is -0.310 e. The van der Waals surface area contributed by atoms with Gasteiger partial charge in [0.05, 0.1) is 0 Å². The molecule has 0 aromatic heterocycles. The van der Waals surface area contributed by atoms with E-state index in [1.54, 1.807) is 12.1 Å². The minimum absolute atomic E-state index is 0.0853. The summed E-state index contributed by atoms with van der Waals surface area (Å²) in [5.74, 6) is 0.739. The fourth-order valence-corrected chi connectivity index (χ4v) is 7.70. The Kier molecular flexibility index (Phi) is 10.3. The SMILES string of the molecule is C=C1/C(=C\C/C=C(\C)CCc2ccc(C3CCCCC(=N)CC3)c(F)c2)C=CC(=O)CC1C1CCC(C)(C)c2ccccc21. The molecule has 44 heavy (non-hydrogen) atoms. The molecule has 3 unspecified atom stereocenters. The molecule has 0 bridgehead atoms. The maximum atomic E-state index is 15.2. The minimum atomic E-state index is -0.0853. The third-order valence-corrected chi connectivity index (χ3v) is 10.5. The highest BCUT2D eigenvalue weighted by Crippen LogP contribution is 2.49. The van der Waals surface area contributed by atoms with Crippen LogP contribution in [0.1, 0.15) is 125 Å². The Hall–Kier alpha value is -3.33. The van der Waals surface area contributed by atoms with Gasteiger partial charge in [-0.2, -0.15) is 0 Å². The highest BCUT2D eigenvalue weighted by molar-refractivity contribution is 5.92. The first-order valence-electron chi connectivity index (χ1n) is 16.8. The van der Waals surface area contributed by atoms with Gasteiger partial charge in [-0.25, -0.2) is 4.39 Å². The number of carbonyl (C=O) groups excluding carboxylic acids is 1. The number of rotatable bonds is 7. The maximum Gasteiger partial charge on any atom is 0.156 e. The molecule has 1 N–H and O–H groups in total. The highest BCUT2D eigenvalue weighted by Gasteiger charge is 2.38. The molecule has 3 aliphatic carbocycles. The summed E-state index contributed by atoms with van der Waals surface area (Å²) in [5, 5.41) is 8.06. The van der Waals surface area contributed by atoms with Crippen molar-refractivity contribution in [3.05, 3.63) is 118 Å². The van der Waals surface area contributed by atoms with Gasteiger partial charge in [0.1, 0.15) is 5.82 Å². The number of ketones is 1. The topological polar surface area (TPSA) is 40.9 Å². The lowest BCUT2D eigenvalue weighted by atomic mass is 9.64. The van der Waals surface area contributed by atoms with Crippen molar-refractivity contribution in [2.24, 2.45) is 5.92 Å². The first kappa shape index (κ1) is 32.1. The summed E-state index contributed by atoms with van der Waals surface area (Å²) in [5.41, 5.74) is 9.06. The van der Waals surface area contributed by atoms with Crippen LogP contribution in [0.3, 0.4) is 0 Å². The zero-order valence-corrected chi connectivity index (χ0v) is 27.1. The number of aryl methyl sites for hydroxylation is 1. The van der Waals surface area contributed by atoms with Gasteiger partial charge in [0, 0.05) is 12.1 Å². The van der Waals surface area contributed by atoms with Crippen molar-refractivity contribution in [1.29, 1.82) is 5.41 Å². The van der Waals surface area contributed by atoms with E-state index in [1.165, 1.54) is 16.7 Å². The molecule has 0 radical (unpaired) electrons. The first-order chi connectivity index (χ1) is 21.1. The number of fused-ring (bicyclic) bond motifs is 1. The molecule has 3 heteroatoms. The Morgan fingerprint density at radius 2 is 1.84 bits per heavy atom. The fourth-order valence-electron chi connectivity index (χ4n) is 7.70. The van der Waals surface area contributed by atoms with Gasteiger partial charge in [-0.15, -0.1) is 0 Å². The third kappa shape index (κ3) is 7.65. The summed E-state index contributed by atoms with van der Waals surface area (Å²) in [6.45, 7) is 11.4. The summed E-state index contributed by atoms with van der Waals surface area (Å²) < 4.78 is 15.2. The van der Waals surface area contributed by atoms with E-state index in [0.29, 0.717) is 12.3 Å². The van der Waals surface area contributed by atoms with Crippen molar-refractivity contribution >= 4 is 11.5 Å². The van der Waals surface area contributed by atoms with E-state index in [0.717, 1.165) is 98.6 Å². The second-order valence-electron chi connectivity index (χ2n) is 14.1. The van der Waals surface area contributed by atoms with E-state index in [2.05, 4.69) is 69.8 Å². The van der Waals surface area contributed by atoms with Crippen molar-refractivity contribution in [2.45, 2.75) is 115 Å². The molecular weight excluding hydrogens is 541 g/mol. The van der Waals surface area contributed by atoms with Crippen LogP contribution in [-0.2, 0) is 16.6 Å². The molecule has 3 aliphatic rings. The lowest BCUT2D eigenvalue weighted by Crippen LogP contribution is -2.30. The van der Waals surface area contributed by atoms with Crippen LogP contribution in [0.15, 0.2) is 90.1 Å². The van der Waals surface area contributed by atoms with Crippen LogP contribution in [0.2, 0.25) is 0 Å². The summed E-state index contributed by atoms with van der Waals surface area (Å²) in [4.78, 5) is 12.8. The molecule has 0 spiro atoms. The predicted octanol–water partition coefficient (Wildman–Crippen LogP) is 11.0. The molecule has 5 rings (SSSR count). The molecule has 2 aromatic carbocycles. The van der Waals surface area contributed by atoms with Crippen molar-refractivity contribution < 1.29 is 9.18 Å². The molecule has 3 atom stereocenters. The quantitative estimate of drug-likeness (QED) is 0.320. The van der Waals surface area contributed by atoms with E-state index in [1.807, 2.05) is 12.1 Å². The van der Waals surface area contributed by atoms with Crippen molar-refractivity contribution in [3.63, 3.8) is 0 Å². The Morgan fingerprint density at radius 3 is 2.66 bits per heavy atom. The van der Waals surface area contributed by atoms with E-state index >= 15 is 4.39 Å². The van der Waals surface area contributed by atoms with Gasteiger partial charge in [-0.05, 0) is 140 Å². The number of halogens is 1. The first-order valence-corrected chi connectivity index (χ1v) is 16.8. The monoisotopic (exact) mass is 591 g/mol. The molecule has 1 fully saturated rings. The van der Waals surface area contributed by atoms with E-state index in [4.69, 9.17) is 5.41 Å². The molecule has 232 valence electrons. The number of hydrogen-bond acceptors (Lipinski definition) is 2. The van der Waals surface area contributed by atoms with Crippen LogP contribution in [0.25, 0.3) is 0 Å². The standard InChI is InChI=1S/C41H50FNO/c1-28(16-17-30-18-23-35(40(42)26-30)32-11-5-6-13-33(43)21-19-32)10-9-12-31-20-22-34(44)27-38(29(31)2)36-24-25-41(3,4)39-15-8-7-14-37(36)39/h7-8,10,12,14-15,18,20,22-23,26,32,36,38,43H,2,5-6,9,11,13,16-17,19,21,24-25,27H2,1,3-4H3/b28-10+,31-12-,43-33?. The molecule has 1 saturated carbocycles. The van der Waals surface area contributed by atoms with Gasteiger partial charge in [0.2, 0.25) is 0 Å². The smallest absolute Gasteiger partial charge is 0.156 e. The molecule has 0 heterocycles. The third-order valence-electron chi connectivity index (χ3n) is 10.5. The van der Waals surface area contributed by atoms with Gasteiger partial charge >= 0.3 is 0 Å². The van der Waals surface area contributed by atoms with Gasteiger partial charge in [0.15, 0.2) is 5.78 Å². The molecule has 0 aliphatic heterocycles. The van der Waals surface area contributed by atoms with E-state index in [-0.39, 0.29) is 28.9 Å².